The van der Waals surface area contributed by atoms with Gasteiger partial charge in [-0.25, -0.2) is 4.98 Å². The first-order chi connectivity index (χ1) is 15.0. The van der Waals surface area contributed by atoms with Gasteiger partial charge in [-0.3, -0.25) is 4.79 Å². The van der Waals surface area contributed by atoms with Gasteiger partial charge >= 0.3 is 12.1 Å². The number of aryl methyl sites for hydroxylation is 3. The van der Waals surface area contributed by atoms with Crippen molar-refractivity contribution >= 4 is 5.97 Å². The van der Waals surface area contributed by atoms with Crippen LogP contribution in [0.5, 0.6) is 0 Å². The van der Waals surface area contributed by atoms with Gasteiger partial charge in [0.1, 0.15) is 6.10 Å². The Morgan fingerprint density at radius 3 is 2.44 bits per heavy atom. The molecular weight excluding hydrogens is 423 g/mol. The lowest BCUT2D eigenvalue weighted by atomic mass is 10.0. The number of aromatic nitrogens is 1. The third-order valence-electron chi connectivity index (χ3n) is 5.18. The number of carbonyl (C=O) groups is 1. The molecule has 2 aromatic carbocycles. The van der Waals surface area contributed by atoms with Crippen LogP contribution in [0.15, 0.2) is 46.9 Å². The number of benzene rings is 2. The summed E-state index contributed by atoms with van der Waals surface area (Å²) in [5.41, 5.74) is 3.25. The van der Waals surface area contributed by atoms with Crippen LogP contribution >= 0.6 is 0 Å². The minimum atomic E-state index is -4.40. The van der Waals surface area contributed by atoms with E-state index in [-0.39, 0.29) is 12.3 Å². The topological polar surface area (TPSA) is 72.6 Å². The maximum Gasteiger partial charge on any atom is 0.416 e. The Morgan fingerprint density at radius 2 is 1.84 bits per heavy atom. The van der Waals surface area contributed by atoms with E-state index >= 15 is 0 Å². The predicted octanol–water partition coefficient (Wildman–Crippen LogP) is 6.27. The Bertz CT molecular complexity index is 1090. The molecule has 0 unspecified atom stereocenters. The molecule has 0 aliphatic heterocycles. The van der Waals surface area contributed by atoms with Gasteiger partial charge < -0.3 is 14.3 Å². The fourth-order valence-corrected chi connectivity index (χ4v) is 3.38. The Morgan fingerprint density at radius 1 is 1.16 bits per heavy atom. The molecular formula is C24H24F3NO4. The van der Waals surface area contributed by atoms with Crippen molar-refractivity contribution in [1.29, 1.82) is 0 Å². The minimum absolute atomic E-state index is 0.0831. The van der Waals surface area contributed by atoms with Crippen LogP contribution in [0, 0.1) is 13.8 Å². The Hall–Kier alpha value is -3.13. The van der Waals surface area contributed by atoms with Gasteiger partial charge in [0.25, 0.3) is 0 Å². The zero-order valence-corrected chi connectivity index (χ0v) is 18.0. The number of halogens is 3. The van der Waals surface area contributed by atoms with Gasteiger partial charge in [0.2, 0.25) is 5.89 Å². The molecule has 3 rings (SSSR count). The predicted molar refractivity (Wildman–Crippen MR) is 112 cm³/mol. The molecule has 32 heavy (non-hydrogen) atoms. The van der Waals surface area contributed by atoms with E-state index in [1.165, 1.54) is 12.1 Å². The lowest BCUT2D eigenvalue weighted by Gasteiger charge is -2.13. The van der Waals surface area contributed by atoms with Gasteiger partial charge in [0.15, 0.2) is 5.76 Å². The lowest BCUT2D eigenvalue weighted by molar-refractivity contribution is -0.138. The van der Waals surface area contributed by atoms with Crippen molar-refractivity contribution in [1.82, 2.24) is 4.98 Å². The number of hydrogen-bond acceptors (Lipinski definition) is 4. The number of carboxylic acids is 1. The fourth-order valence-electron chi connectivity index (χ4n) is 3.38. The monoisotopic (exact) mass is 447 g/mol. The van der Waals surface area contributed by atoms with Crippen molar-refractivity contribution in [2.45, 2.75) is 52.5 Å². The average molecular weight is 447 g/mol. The van der Waals surface area contributed by atoms with Gasteiger partial charge in [0.05, 0.1) is 17.9 Å². The third-order valence-corrected chi connectivity index (χ3v) is 5.18. The van der Waals surface area contributed by atoms with Crippen LogP contribution in [0.2, 0.25) is 0 Å². The van der Waals surface area contributed by atoms with Crippen molar-refractivity contribution < 1.29 is 32.2 Å². The summed E-state index contributed by atoms with van der Waals surface area (Å²) in [6.45, 7) is 5.82. The Kier molecular flexibility index (Phi) is 7.03. The smallest absolute Gasteiger partial charge is 0.416 e. The molecule has 0 bridgehead atoms. The standard InChI is InChI=1S/C24H24F3NO4/c1-14-12-17(4-5-18(14)8-11-21(29)30)13-31-16(3)22-15(2)28-23(32-22)19-6-9-20(10-7-19)24(25,26)27/h4-7,9-10,12,16H,8,11,13H2,1-3H3,(H,29,30)/t16-/m0/s1. The highest BCUT2D eigenvalue weighted by Gasteiger charge is 2.30. The number of alkyl halides is 3. The number of rotatable bonds is 8. The number of nitrogens with zero attached hydrogens (tertiary/aromatic N) is 1. The quantitative estimate of drug-likeness (QED) is 0.440. The van der Waals surface area contributed by atoms with Crippen molar-refractivity contribution in [2.75, 3.05) is 0 Å². The number of ether oxygens (including phenoxy) is 1. The summed E-state index contributed by atoms with van der Waals surface area (Å²) in [6, 6.07) is 10.4. The SMILES string of the molecule is Cc1cc(CO[C@@H](C)c2oc(-c3ccc(C(F)(F)F)cc3)nc2C)ccc1CCC(=O)O. The second kappa shape index (κ2) is 9.56. The summed E-state index contributed by atoms with van der Waals surface area (Å²) < 4.78 is 50.0. The molecule has 0 radical (unpaired) electrons. The molecule has 1 N–H and O–H groups in total. The van der Waals surface area contributed by atoms with E-state index in [0.717, 1.165) is 28.8 Å². The van der Waals surface area contributed by atoms with Gasteiger partial charge in [-0.2, -0.15) is 13.2 Å². The molecule has 0 aliphatic carbocycles. The Labute approximate surface area is 183 Å². The number of aliphatic carboxylic acids is 1. The molecule has 1 aromatic heterocycles. The number of carboxylic acid groups (broad SMARTS) is 1. The van der Waals surface area contributed by atoms with Crippen molar-refractivity contribution in [3.8, 4) is 11.5 Å². The molecule has 0 fully saturated rings. The minimum Gasteiger partial charge on any atom is -0.481 e. The Balaban J connectivity index is 1.66. The van der Waals surface area contributed by atoms with Crippen LogP contribution in [0.3, 0.4) is 0 Å². The number of oxazole rings is 1. The molecule has 3 aromatic rings. The number of hydrogen-bond donors (Lipinski definition) is 1. The third kappa shape index (κ3) is 5.76. The van der Waals surface area contributed by atoms with Crippen LogP contribution in [0.1, 0.15) is 53.2 Å². The second-order valence-electron chi connectivity index (χ2n) is 7.65. The maximum atomic E-state index is 12.8. The first-order valence-corrected chi connectivity index (χ1v) is 10.1. The molecule has 1 atom stereocenters. The molecule has 8 heteroatoms. The molecule has 5 nitrogen and oxygen atoms in total. The lowest BCUT2D eigenvalue weighted by Crippen LogP contribution is -2.03. The zero-order chi connectivity index (χ0) is 23.5. The molecule has 1 heterocycles. The fraction of sp³-hybridized carbons (Fsp3) is 0.333. The maximum absolute atomic E-state index is 12.8. The van der Waals surface area contributed by atoms with E-state index in [4.69, 9.17) is 14.3 Å². The van der Waals surface area contributed by atoms with E-state index in [2.05, 4.69) is 4.98 Å². The first-order valence-electron chi connectivity index (χ1n) is 10.1. The van der Waals surface area contributed by atoms with Crippen LogP contribution in [-0.4, -0.2) is 16.1 Å². The van der Waals surface area contributed by atoms with E-state index in [1.807, 2.05) is 32.0 Å². The van der Waals surface area contributed by atoms with E-state index in [9.17, 15) is 18.0 Å². The molecule has 170 valence electrons. The molecule has 0 spiro atoms. The van der Waals surface area contributed by atoms with Crippen molar-refractivity contribution in [3.05, 3.63) is 76.2 Å². The summed E-state index contributed by atoms with van der Waals surface area (Å²) in [7, 11) is 0. The largest absolute Gasteiger partial charge is 0.481 e. The summed E-state index contributed by atoms with van der Waals surface area (Å²) in [5, 5.41) is 8.84. The molecule has 0 saturated heterocycles. The van der Waals surface area contributed by atoms with Crippen LogP contribution in [0.4, 0.5) is 13.2 Å². The van der Waals surface area contributed by atoms with Crippen molar-refractivity contribution in [3.63, 3.8) is 0 Å². The average Bonchev–Trinajstić information content (AvgIpc) is 3.12. The van der Waals surface area contributed by atoms with E-state index in [1.54, 1.807) is 6.92 Å². The van der Waals surface area contributed by atoms with Crippen molar-refractivity contribution in [2.24, 2.45) is 0 Å². The zero-order valence-electron chi connectivity index (χ0n) is 18.0. The summed E-state index contributed by atoms with van der Waals surface area (Å²) in [4.78, 5) is 15.1. The van der Waals surface area contributed by atoms with E-state index < -0.39 is 23.8 Å². The van der Waals surface area contributed by atoms with Gasteiger partial charge in [-0.05, 0) is 68.1 Å². The highest BCUT2D eigenvalue weighted by molar-refractivity contribution is 5.67. The summed E-state index contributed by atoms with van der Waals surface area (Å²) in [6.07, 6.45) is -4.26. The molecule has 0 aliphatic rings. The summed E-state index contributed by atoms with van der Waals surface area (Å²) >= 11 is 0. The molecule has 0 saturated carbocycles. The second-order valence-corrected chi connectivity index (χ2v) is 7.65. The molecule has 0 amide bonds. The normalized spacial score (nSPS) is 12.7. The van der Waals surface area contributed by atoms with Crippen LogP contribution < -0.4 is 0 Å². The van der Waals surface area contributed by atoms with Gasteiger partial charge in [-0.1, -0.05) is 18.2 Å². The summed E-state index contributed by atoms with van der Waals surface area (Å²) in [5.74, 6) is -0.0845. The van der Waals surface area contributed by atoms with Gasteiger partial charge in [0, 0.05) is 12.0 Å². The highest BCUT2D eigenvalue weighted by atomic mass is 19.4. The van der Waals surface area contributed by atoms with Crippen LogP contribution in [-0.2, 0) is 28.7 Å². The van der Waals surface area contributed by atoms with Gasteiger partial charge in [-0.15, -0.1) is 0 Å². The highest BCUT2D eigenvalue weighted by Crippen LogP contribution is 2.32. The van der Waals surface area contributed by atoms with E-state index in [0.29, 0.717) is 30.0 Å². The van der Waals surface area contributed by atoms with Crippen LogP contribution in [0.25, 0.3) is 11.5 Å². The first kappa shape index (κ1) is 23.5.